The summed E-state index contributed by atoms with van der Waals surface area (Å²) in [4.78, 5) is 7.81. The van der Waals surface area contributed by atoms with E-state index >= 15 is 0 Å². The van der Waals surface area contributed by atoms with Crippen LogP contribution in [-0.4, -0.2) is 15.1 Å². The van der Waals surface area contributed by atoms with Gasteiger partial charge in [-0.3, -0.25) is 0 Å². The number of benzene rings is 1. The van der Waals surface area contributed by atoms with Crippen LogP contribution in [0, 0.1) is 0 Å². The molecule has 0 radical (unpaired) electrons. The molecule has 1 N–H and O–H groups in total. The van der Waals surface area contributed by atoms with Gasteiger partial charge in [-0.25, -0.2) is 9.97 Å². The normalized spacial score (nSPS) is 12.7. The Hall–Kier alpha value is -1.74. The van der Waals surface area contributed by atoms with E-state index in [2.05, 4.69) is 23.8 Å². The Bertz CT molecular complexity index is 465. The molecule has 3 nitrogen and oxygen atoms in total. The van der Waals surface area contributed by atoms with Crippen molar-refractivity contribution in [1.29, 1.82) is 0 Å². The molecule has 1 atom stereocenters. The third-order valence-electron chi connectivity index (χ3n) is 2.82. The minimum absolute atomic E-state index is 0.501. The fourth-order valence-electron chi connectivity index (χ4n) is 1.71. The molecule has 0 aliphatic rings. The van der Waals surface area contributed by atoms with Crippen LogP contribution in [0.4, 0.5) is 0 Å². The Morgan fingerprint density at radius 2 is 1.41 bits per heavy atom. The zero-order chi connectivity index (χ0) is 12.3. The van der Waals surface area contributed by atoms with E-state index in [1.807, 2.05) is 24.3 Å². The summed E-state index contributed by atoms with van der Waals surface area (Å²) in [6.45, 7) is 4.30. The summed E-state index contributed by atoms with van der Waals surface area (Å²) >= 11 is 0. The van der Waals surface area contributed by atoms with Crippen molar-refractivity contribution in [1.82, 2.24) is 9.97 Å². The van der Waals surface area contributed by atoms with E-state index in [0.717, 1.165) is 5.56 Å². The monoisotopic (exact) mass is 228 g/mol. The molecule has 2 rings (SSSR count). The Kier molecular flexibility index (Phi) is 3.49. The van der Waals surface area contributed by atoms with Gasteiger partial charge in [0.2, 0.25) is 0 Å². The van der Waals surface area contributed by atoms with Crippen molar-refractivity contribution in [3.8, 4) is 0 Å². The fraction of sp³-hybridized carbons (Fsp3) is 0.286. The average molecular weight is 228 g/mol. The standard InChI is InChI=1S/C14H16N2O/c1-10(2)11-3-5-12(6-4-11)14(17)13-7-15-9-16-8-13/h3-10,14,17H,1-2H3. The van der Waals surface area contributed by atoms with Crippen LogP contribution in [-0.2, 0) is 0 Å². The van der Waals surface area contributed by atoms with Crippen molar-refractivity contribution in [2.45, 2.75) is 25.9 Å². The van der Waals surface area contributed by atoms with Crippen LogP contribution < -0.4 is 0 Å². The molecule has 1 aromatic heterocycles. The summed E-state index contributed by atoms with van der Waals surface area (Å²) in [6.07, 6.45) is 4.07. The number of aliphatic hydroxyl groups excluding tert-OH is 1. The second kappa shape index (κ2) is 5.06. The summed E-state index contributed by atoms with van der Waals surface area (Å²) in [5.41, 5.74) is 2.85. The van der Waals surface area contributed by atoms with Gasteiger partial charge in [-0.05, 0) is 17.0 Å². The zero-order valence-corrected chi connectivity index (χ0v) is 10.0. The van der Waals surface area contributed by atoms with Gasteiger partial charge in [0.15, 0.2) is 0 Å². The molecule has 0 aliphatic carbocycles. The van der Waals surface area contributed by atoms with Crippen LogP contribution in [0.3, 0.4) is 0 Å². The molecule has 0 fully saturated rings. The van der Waals surface area contributed by atoms with E-state index in [4.69, 9.17) is 0 Å². The van der Waals surface area contributed by atoms with Gasteiger partial charge in [-0.2, -0.15) is 0 Å². The number of aromatic nitrogens is 2. The van der Waals surface area contributed by atoms with Crippen LogP contribution in [0.5, 0.6) is 0 Å². The number of hydrogen-bond acceptors (Lipinski definition) is 3. The Balaban J connectivity index is 2.23. The second-order valence-corrected chi connectivity index (χ2v) is 4.40. The number of hydrogen-bond donors (Lipinski definition) is 1. The van der Waals surface area contributed by atoms with Crippen LogP contribution in [0.2, 0.25) is 0 Å². The molecule has 0 saturated heterocycles. The Morgan fingerprint density at radius 1 is 0.882 bits per heavy atom. The van der Waals surface area contributed by atoms with Gasteiger partial charge < -0.3 is 5.11 Å². The molecule has 0 bridgehead atoms. The molecule has 2 aromatic rings. The predicted molar refractivity (Wildman–Crippen MR) is 66.6 cm³/mol. The van der Waals surface area contributed by atoms with Crippen LogP contribution in [0.25, 0.3) is 0 Å². The summed E-state index contributed by atoms with van der Waals surface area (Å²) in [5, 5.41) is 10.1. The predicted octanol–water partition coefficient (Wildman–Crippen LogP) is 2.68. The molecule has 0 amide bonds. The fourth-order valence-corrected chi connectivity index (χ4v) is 1.71. The number of nitrogens with zero attached hydrogens (tertiary/aromatic N) is 2. The maximum atomic E-state index is 10.1. The summed E-state index contributed by atoms with van der Waals surface area (Å²) < 4.78 is 0. The smallest absolute Gasteiger partial charge is 0.115 e. The first-order valence-electron chi connectivity index (χ1n) is 5.71. The highest BCUT2D eigenvalue weighted by atomic mass is 16.3. The molecule has 3 heteroatoms. The van der Waals surface area contributed by atoms with Crippen molar-refractivity contribution in [3.63, 3.8) is 0 Å². The van der Waals surface area contributed by atoms with E-state index < -0.39 is 6.10 Å². The number of rotatable bonds is 3. The van der Waals surface area contributed by atoms with Gasteiger partial charge in [-0.15, -0.1) is 0 Å². The first kappa shape index (κ1) is 11.7. The van der Waals surface area contributed by atoms with Gasteiger partial charge >= 0.3 is 0 Å². The molecule has 88 valence electrons. The van der Waals surface area contributed by atoms with Gasteiger partial charge in [0.1, 0.15) is 12.4 Å². The first-order chi connectivity index (χ1) is 8.18. The molecule has 17 heavy (non-hydrogen) atoms. The van der Waals surface area contributed by atoms with Crippen molar-refractivity contribution in [2.24, 2.45) is 0 Å². The lowest BCUT2D eigenvalue weighted by Crippen LogP contribution is -2.01. The average Bonchev–Trinajstić information content (AvgIpc) is 2.39. The van der Waals surface area contributed by atoms with Gasteiger partial charge in [-0.1, -0.05) is 38.1 Å². The lowest BCUT2D eigenvalue weighted by Gasteiger charge is -2.12. The van der Waals surface area contributed by atoms with Gasteiger partial charge in [0, 0.05) is 18.0 Å². The molecule has 1 heterocycles. The van der Waals surface area contributed by atoms with E-state index in [1.165, 1.54) is 11.9 Å². The molecule has 1 unspecified atom stereocenters. The third-order valence-corrected chi connectivity index (χ3v) is 2.82. The lowest BCUT2D eigenvalue weighted by atomic mass is 9.98. The summed E-state index contributed by atoms with van der Waals surface area (Å²) in [5.74, 6) is 0.501. The minimum Gasteiger partial charge on any atom is -0.384 e. The topological polar surface area (TPSA) is 46.0 Å². The minimum atomic E-state index is -0.655. The largest absolute Gasteiger partial charge is 0.384 e. The van der Waals surface area contributed by atoms with Gasteiger partial charge in [0.25, 0.3) is 0 Å². The van der Waals surface area contributed by atoms with Crippen molar-refractivity contribution < 1.29 is 5.11 Å². The number of aliphatic hydroxyl groups is 1. The van der Waals surface area contributed by atoms with E-state index in [1.54, 1.807) is 12.4 Å². The molecule has 1 aromatic carbocycles. The SMILES string of the molecule is CC(C)c1ccc(C(O)c2cncnc2)cc1. The van der Waals surface area contributed by atoms with E-state index in [0.29, 0.717) is 11.5 Å². The summed E-state index contributed by atoms with van der Waals surface area (Å²) in [6, 6.07) is 8.00. The zero-order valence-electron chi connectivity index (χ0n) is 10.0. The molecule has 0 spiro atoms. The quantitative estimate of drug-likeness (QED) is 0.878. The lowest BCUT2D eigenvalue weighted by molar-refractivity contribution is 0.219. The van der Waals surface area contributed by atoms with Crippen molar-refractivity contribution in [2.75, 3.05) is 0 Å². The van der Waals surface area contributed by atoms with Crippen LogP contribution in [0.15, 0.2) is 43.0 Å². The van der Waals surface area contributed by atoms with Crippen molar-refractivity contribution >= 4 is 0 Å². The van der Waals surface area contributed by atoms with Gasteiger partial charge in [0.05, 0.1) is 0 Å². The van der Waals surface area contributed by atoms with Crippen molar-refractivity contribution in [3.05, 3.63) is 59.7 Å². The highest BCUT2D eigenvalue weighted by molar-refractivity contribution is 5.30. The summed E-state index contributed by atoms with van der Waals surface area (Å²) in [7, 11) is 0. The molecule has 0 saturated carbocycles. The Labute approximate surface area is 101 Å². The molecular formula is C14H16N2O. The van der Waals surface area contributed by atoms with Crippen LogP contribution >= 0.6 is 0 Å². The van der Waals surface area contributed by atoms with E-state index in [-0.39, 0.29) is 0 Å². The highest BCUT2D eigenvalue weighted by Crippen LogP contribution is 2.22. The maximum absolute atomic E-state index is 10.1. The van der Waals surface area contributed by atoms with Crippen LogP contribution in [0.1, 0.15) is 42.6 Å². The Morgan fingerprint density at radius 3 is 1.94 bits per heavy atom. The second-order valence-electron chi connectivity index (χ2n) is 4.40. The molecule has 0 aliphatic heterocycles. The maximum Gasteiger partial charge on any atom is 0.115 e. The van der Waals surface area contributed by atoms with E-state index in [9.17, 15) is 5.11 Å². The first-order valence-corrected chi connectivity index (χ1v) is 5.71. The highest BCUT2D eigenvalue weighted by Gasteiger charge is 2.10. The third kappa shape index (κ3) is 2.68. The molecular weight excluding hydrogens is 212 g/mol.